The molecule has 1 aromatic heterocycles. The van der Waals surface area contributed by atoms with Gasteiger partial charge >= 0.3 is 5.97 Å². The van der Waals surface area contributed by atoms with Crippen LogP contribution in [0.4, 0.5) is 0 Å². The second kappa shape index (κ2) is 8.73. The lowest BCUT2D eigenvalue weighted by atomic mass is 10.1. The monoisotopic (exact) mass is 384 g/mol. The molecule has 0 radical (unpaired) electrons. The van der Waals surface area contributed by atoms with E-state index in [9.17, 15) is 4.79 Å². The van der Waals surface area contributed by atoms with Crippen LogP contribution in [-0.2, 0) is 11.3 Å². The van der Waals surface area contributed by atoms with E-state index in [2.05, 4.69) is 5.10 Å². The van der Waals surface area contributed by atoms with Crippen molar-refractivity contribution in [3.63, 3.8) is 0 Å². The number of carbonyl (C=O) groups is 1. The summed E-state index contributed by atoms with van der Waals surface area (Å²) in [7, 11) is 0. The number of nitrogens with zero attached hydrogens (tertiary/aromatic N) is 2. The van der Waals surface area contributed by atoms with Crippen LogP contribution in [0.5, 0.6) is 5.75 Å². The van der Waals surface area contributed by atoms with E-state index >= 15 is 0 Å². The molecule has 0 amide bonds. The molecule has 0 atom stereocenters. The highest BCUT2D eigenvalue weighted by Gasteiger charge is 2.21. The minimum atomic E-state index is -0.496. The Morgan fingerprint density at radius 2 is 1.74 bits per heavy atom. The van der Waals surface area contributed by atoms with Gasteiger partial charge in [0, 0.05) is 0 Å². The number of rotatable bonds is 7. The third-order valence-corrected chi connectivity index (χ3v) is 4.44. The number of esters is 1. The smallest absolute Gasteiger partial charge is 0.343 e. The fourth-order valence-corrected chi connectivity index (χ4v) is 2.95. The summed E-state index contributed by atoms with van der Waals surface area (Å²) >= 11 is 6.38. The highest BCUT2D eigenvalue weighted by atomic mass is 35.5. The summed E-state index contributed by atoms with van der Waals surface area (Å²) in [5, 5.41) is 4.66. The van der Waals surface area contributed by atoms with E-state index in [4.69, 9.17) is 21.1 Å². The molecule has 3 aromatic rings. The van der Waals surface area contributed by atoms with Gasteiger partial charge in [-0.25, -0.2) is 9.48 Å². The van der Waals surface area contributed by atoms with E-state index < -0.39 is 5.97 Å². The minimum absolute atomic E-state index is 0.132. The Kier molecular flexibility index (Phi) is 6.14. The molecule has 0 N–H and O–H groups in total. The van der Waals surface area contributed by atoms with Crippen molar-refractivity contribution in [3.8, 4) is 5.75 Å². The van der Waals surface area contributed by atoms with Gasteiger partial charge in [-0.1, -0.05) is 59.6 Å². The molecular formula is C21H21ClN2O3. The minimum Gasteiger partial charge on any atom is -0.490 e. The van der Waals surface area contributed by atoms with Crippen LogP contribution in [-0.4, -0.2) is 29.0 Å². The van der Waals surface area contributed by atoms with Crippen LogP contribution in [0.2, 0.25) is 5.15 Å². The van der Waals surface area contributed by atoms with E-state index in [0.717, 1.165) is 11.3 Å². The number of aryl methyl sites for hydroxylation is 2. The number of ether oxygens (including phenoxy) is 2. The van der Waals surface area contributed by atoms with Crippen molar-refractivity contribution < 1.29 is 14.3 Å². The summed E-state index contributed by atoms with van der Waals surface area (Å²) in [6.07, 6.45) is 0. The molecule has 0 aliphatic rings. The van der Waals surface area contributed by atoms with Crippen LogP contribution < -0.4 is 4.74 Å². The average Bonchev–Trinajstić information content (AvgIpc) is 2.95. The van der Waals surface area contributed by atoms with Gasteiger partial charge in [-0.2, -0.15) is 5.10 Å². The molecule has 0 aliphatic heterocycles. The fourth-order valence-electron chi connectivity index (χ4n) is 2.64. The van der Waals surface area contributed by atoms with E-state index in [1.807, 2.05) is 61.5 Å². The summed E-state index contributed by atoms with van der Waals surface area (Å²) in [4.78, 5) is 12.4. The number of hydrogen-bond acceptors (Lipinski definition) is 4. The SMILES string of the molecule is Cc1ccc(Cn2nc(C)c(C(=O)OCCOc3ccccc3)c2Cl)cc1. The van der Waals surface area contributed by atoms with E-state index in [0.29, 0.717) is 17.8 Å². The van der Waals surface area contributed by atoms with Gasteiger partial charge in [0.05, 0.1) is 12.2 Å². The molecule has 0 fully saturated rings. The van der Waals surface area contributed by atoms with Crippen LogP contribution in [0.3, 0.4) is 0 Å². The summed E-state index contributed by atoms with van der Waals surface area (Å²) in [5.41, 5.74) is 3.08. The normalized spacial score (nSPS) is 10.6. The van der Waals surface area contributed by atoms with Gasteiger partial charge < -0.3 is 9.47 Å². The largest absolute Gasteiger partial charge is 0.490 e. The zero-order chi connectivity index (χ0) is 19.2. The van der Waals surface area contributed by atoms with Crippen molar-refractivity contribution in [2.45, 2.75) is 20.4 Å². The predicted molar refractivity (Wildman–Crippen MR) is 104 cm³/mol. The van der Waals surface area contributed by atoms with Crippen molar-refractivity contribution >= 4 is 17.6 Å². The van der Waals surface area contributed by atoms with Crippen LogP contribution in [0.1, 0.15) is 27.2 Å². The first-order valence-corrected chi connectivity index (χ1v) is 9.06. The molecule has 0 saturated heterocycles. The van der Waals surface area contributed by atoms with Crippen LogP contribution in [0.15, 0.2) is 54.6 Å². The van der Waals surface area contributed by atoms with Gasteiger partial charge in [0.25, 0.3) is 0 Å². The number of halogens is 1. The first kappa shape index (κ1) is 19.0. The molecule has 6 heteroatoms. The molecule has 2 aromatic carbocycles. The third-order valence-electron chi connectivity index (χ3n) is 4.05. The van der Waals surface area contributed by atoms with Crippen molar-refractivity contribution in [3.05, 3.63) is 82.1 Å². The molecule has 5 nitrogen and oxygen atoms in total. The second-order valence-corrected chi connectivity index (χ2v) is 6.55. The number of aromatic nitrogens is 2. The predicted octanol–water partition coefficient (Wildman–Crippen LogP) is 4.44. The summed E-state index contributed by atoms with van der Waals surface area (Å²) in [5.74, 6) is 0.234. The first-order valence-electron chi connectivity index (χ1n) is 8.68. The Morgan fingerprint density at radius 3 is 2.44 bits per heavy atom. The number of benzene rings is 2. The van der Waals surface area contributed by atoms with E-state index in [1.54, 1.807) is 11.6 Å². The van der Waals surface area contributed by atoms with Gasteiger partial charge in [0.15, 0.2) is 0 Å². The second-order valence-electron chi connectivity index (χ2n) is 6.19. The Bertz CT molecular complexity index is 905. The van der Waals surface area contributed by atoms with Gasteiger partial charge in [-0.15, -0.1) is 0 Å². The standard InChI is InChI=1S/C21H21ClN2O3/c1-15-8-10-17(11-9-15)14-24-20(22)19(16(2)23-24)21(25)27-13-12-26-18-6-4-3-5-7-18/h3-11H,12-14H2,1-2H3. The van der Waals surface area contributed by atoms with E-state index in [1.165, 1.54) is 5.56 Å². The van der Waals surface area contributed by atoms with Gasteiger partial charge in [-0.3, -0.25) is 0 Å². The van der Waals surface area contributed by atoms with Gasteiger partial charge in [0.1, 0.15) is 29.7 Å². The van der Waals surface area contributed by atoms with Gasteiger partial charge in [0.2, 0.25) is 0 Å². The van der Waals surface area contributed by atoms with Crippen molar-refractivity contribution in [1.82, 2.24) is 9.78 Å². The van der Waals surface area contributed by atoms with E-state index in [-0.39, 0.29) is 18.4 Å². The lowest BCUT2D eigenvalue weighted by Gasteiger charge is -2.07. The maximum absolute atomic E-state index is 12.4. The zero-order valence-electron chi connectivity index (χ0n) is 15.3. The summed E-state index contributed by atoms with van der Waals surface area (Å²) < 4.78 is 12.4. The molecule has 0 spiro atoms. The van der Waals surface area contributed by atoms with Crippen molar-refractivity contribution in [2.24, 2.45) is 0 Å². The highest BCUT2D eigenvalue weighted by Crippen LogP contribution is 2.22. The lowest BCUT2D eigenvalue weighted by Crippen LogP contribution is -2.13. The summed E-state index contributed by atoms with van der Waals surface area (Å²) in [6.45, 7) is 4.67. The van der Waals surface area contributed by atoms with Crippen LogP contribution in [0.25, 0.3) is 0 Å². The van der Waals surface area contributed by atoms with Crippen molar-refractivity contribution in [1.29, 1.82) is 0 Å². The average molecular weight is 385 g/mol. The highest BCUT2D eigenvalue weighted by molar-refractivity contribution is 6.32. The molecule has 3 rings (SSSR count). The molecule has 0 aliphatic carbocycles. The fraction of sp³-hybridized carbons (Fsp3) is 0.238. The molecule has 0 bridgehead atoms. The molecule has 140 valence electrons. The van der Waals surface area contributed by atoms with Crippen LogP contribution >= 0.6 is 11.6 Å². The lowest BCUT2D eigenvalue weighted by molar-refractivity contribution is 0.0449. The molecule has 27 heavy (non-hydrogen) atoms. The topological polar surface area (TPSA) is 53.4 Å². The number of para-hydroxylation sites is 1. The Hall–Kier alpha value is -2.79. The van der Waals surface area contributed by atoms with Gasteiger partial charge in [-0.05, 0) is 31.5 Å². The number of carbonyl (C=O) groups excluding carboxylic acids is 1. The molecule has 0 saturated carbocycles. The quantitative estimate of drug-likeness (QED) is 0.446. The Labute approximate surface area is 163 Å². The Morgan fingerprint density at radius 1 is 1.04 bits per heavy atom. The maximum Gasteiger partial charge on any atom is 0.343 e. The first-order chi connectivity index (χ1) is 13.0. The van der Waals surface area contributed by atoms with Crippen molar-refractivity contribution in [2.75, 3.05) is 13.2 Å². The molecule has 0 unspecified atom stereocenters. The number of hydrogen-bond donors (Lipinski definition) is 0. The molecule has 1 heterocycles. The summed E-state index contributed by atoms with van der Waals surface area (Å²) in [6, 6.07) is 17.5. The third kappa shape index (κ3) is 4.89. The van der Waals surface area contributed by atoms with Crippen LogP contribution in [0, 0.1) is 13.8 Å². The Balaban J connectivity index is 1.59. The maximum atomic E-state index is 12.4. The molecular weight excluding hydrogens is 364 g/mol. The zero-order valence-corrected chi connectivity index (χ0v) is 16.1.